The van der Waals surface area contributed by atoms with Gasteiger partial charge in [-0.2, -0.15) is 0 Å². The van der Waals surface area contributed by atoms with Gasteiger partial charge in [-0.25, -0.2) is 4.98 Å². The Balaban J connectivity index is 2.52. The average molecular weight is 292 g/mol. The third-order valence-corrected chi connectivity index (χ3v) is 3.13. The van der Waals surface area contributed by atoms with Crippen LogP contribution in [0.15, 0.2) is 24.5 Å². The van der Waals surface area contributed by atoms with Crippen LogP contribution in [0.1, 0.15) is 16.1 Å². The highest BCUT2D eigenvalue weighted by Gasteiger charge is 2.13. The molecule has 6 heteroatoms. The number of hydrogen-bond acceptors (Lipinski definition) is 4. The molecule has 2 rings (SSSR count). The number of carbonyl (C=O) groups is 1. The maximum Gasteiger partial charge on any atom is 0.273 e. The predicted molar refractivity (Wildman–Crippen MR) is 76.9 cm³/mol. The summed E-state index contributed by atoms with van der Waals surface area (Å²) in [6.07, 6.45) is 2.98. The molecule has 1 heterocycles. The van der Waals surface area contributed by atoms with Crippen molar-refractivity contribution in [2.45, 2.75) is 6.92 Å². The summed E-state index contributed by atoms with van der Waals surface area (Å²) in [6, 6.07) is 3.17. The molecule has 0 aliphatic rings. The van der Waals surface area contributed by atoms with Crippen LogP contribution in [0.2, 0.25) is 5.02 Å². The first-order valence-electron chi connectivity index (χ1n) is 5.93. The number of nitrogens with zero attached hydrogens (tertiary/aromatic N) is 3. The number of rotatable bonds is 2. The number of aromatic hydroxyl groups is 1. The number of phenols is 1. The van der Waals surface area contributed by atoms with Crippen molar-refractivity contribution in [1.29, 1.82) is 0 Å². The normalized spacial score (nSPS) is 10.4. The number of halogens is 1. The van der Waals surface area contributed by atoms with Crippen LogP contribution in [0.25, 0.3) is 11.3 Å². The van der Waals surface area contributed by atoms with Gasteiger partial charge in [0.1, 0.15) is 11.4 Å². The van der Waals surface area contributed by atoms with E-state index in [9.17, 15) is 9.90 Å². The highest BCUT2D eigenvalue weighted by Crippen LogP contribution is 2.31. The van der Waals surface area contributed by atoms with Crippen molar-refractivity contribution in [3.05, 3.63) is 40.8 Å². The van der Waals surface area contributed by atoms with E-state index < -0.39 is 0 Å². The lowest BCUT2D eigenvalue weighted by Crippen LogP contribution is -2.23. The minimum Gasteiger partial charge on any atom is -0.506 e. The van der Waals surface area contributed by atoms with E-state index in [-0.39, 0.29) is 22.4 Å². The molecular formula is C14H14ClN3O2. The number of aryl methyl sites for hydroxylation is 1. The molecule has 104 valence electrons. The molecule has 0 spiro atoms. The Morgan fingerprint density at radius 1 is 1.30 bits per heavy atom. The molecule has 0 saturated carbocycles. The standard InChI is InChI=1S/C14H14ClN3O2/c1-8-4-13(19)10(15)5-9(8)11-6-16-7-12(17-11)14(20)18(2)3/h4-7,19H,1-3H3. The van der Waals surface area contributed by atoms with Crippen LogP contribution in [0.3, 0.4) is 0 Å². The molecule has 2 aromatic rings. The molecule has 0 radical (unpaired) electrons. The number of phenolic OH excluding ortho intramolecular Hbond substituents is 1. The molecule has 0 aliphatic heterocycles. The van der Waals surface area contributed by atoms with E-state index in [0.29, 0.717) is 5.69 Å². The summed E-state index contributed by atoms with van der Waals surface area (Å²) in [4.78, 5) is 21.7. The van der Waals surface area contributed by atoms with Crippen LogP contribution >= 0.6 is 11.6 Å². The number of benzene rings is 1. The summed E-state index contributed by atoms with van der Waals surface area (Å²) >= 11 is 5.92. The Labute approximate surface area is 121 Å². The fraction of sp³-hybridized carbons (Fsp3) is 0.214. The van der Waals surface area contributed by atoms with E-state index in [1.54, 1.807) is 32.4 Å². The van der Waals surface area contributed by atoms with Crippen molar-refractivity contribution < 1.29 is 9.90 Å². The van der Waals surface area contributed by atoms with Gasteiger partial charge in [-0.15, -0.1) is 0 Å². The first-order valence-corrected chi connectivity index (χ1v) is 6.31. The molecule has 5 nitrogen and oxygen atoms in total. The van der Waals surface area contributed by atoms with Gasteiger partial charge in [0.15, 0.2) is 0 Å². The molecule has 1 N–H and O–H groups in total. The Kier molecular flexibility index (Phi) is 3.90. The number of hydrogen-bond donors (Lipinski definition) is 1. The van der Waals surface area contributed by atoms with Gasteiger partial charge in [0, 0.05) is 19.7 Å². The van der Waals surface area contributed by atoms with Crippen molar-refractivity contribution in [2.24, 2.45) is 0 Å². The molecule has 1 amide bonds. The van der Waals surface area contributed by atoms with E-state index in [1.807, 2.05) is 6.92 Å². The zero-order valence-corrected chi connectivity index (χ0v) is 12.1. The molecule has 1 aromatic heterocycles. The van der Waals surface area contributed by atoms with E-state index in [1.165, 1.54) is 11.1 Å². The summed E-state index contributed by atoms with van der Waals surface area (Å²) < 4.78 is 0. The topological polar surface area (TPSA) is 66.3 Å². The van der Waals surface area contributed by atoms with Gasteiger partial charge in [-0.1, -0.05) is 11.6 Å². The largest absolute Gasteiger partial charge is 0.506 e. The molecule has 0 bridgehead atoms. The first-order chi connectivity index (χ1) is 9.40. The maximum absolute atomic E-state index is 11.9. The van der Waals surface area contributed by atoms with Gasteiger partial charge in [0.05, 0.1) is 23.1 Å². The van der Waals surface area contributed by atoms with Crippen LogP contribution in [0, 0.1) is 6.92 Å². The second-order valence-electron chi connectivity index (χ2n) is 4.61. The van der Waals surface area contributed by atoms with Gasteiger partial charge >= 0.3 is 0 Å². The zero-order valence-electron chi connectivity index (χ0n) is 11.4. The maximum atomic E-state index is 11.9. The molecule has 0 saturated heterocycles. The van der Waals surface area contributed by atoms with E-state index in [0.717, 1.165) is 11.1 Å². The Morgan fingerprint density at radius 2 is 2.00 bits per heavy atom. The summed E-state index contributed by atoms with van der Waals surface area (Å²) in [5, 5.41) is 9.79. The number of amides is 1. The average Bonchev–Trinajstić information content (AvgIpc) is 2.42. The van der Waals surface area contributed by atoms with Crippen LogP contribution in [-0.2, 0) is 0 Å². The summed E-state index contributed by atoms with van der Waals surface area (Å²) in [5.41, 5.74) is 2.33. The van der Waals surface area contributed by atoms with Gasteiger partial charge in [-0.05, 0) is 24.6 Å². The quantitative estimate of drug-likeness (QED) is 0.923. The lowest BCUT2D eigenvalue weighted by atomic mass is 10.1. The molecule has 0 fully saturated rings. The molecular weight excluding hydrogens is 278 g/mol. The Bertz CT molecular complexity index is 671. The monoisotopic (exact) mass is 291 g/mol. The van der Waals surface area contributed by atoms with Gasteiger partial charge < -0.3 is 10.0 Å². The lowest BCUT2D eigenvalue weighted by Gasteiger charge is -2.11. The van der Waals surface area contributed by atoms with E-state index in [2.05, 4.69) is 9.97 Å². The van der Waals surface area contributed by atoms with Crippen molar-refractivity contribution in [2.75, 3.05) is 14.1 Å². The van der Waals surface area contributed by atoms with Crippen LogP contribution in [0.4, 0.5) is 0 Å². The predicted octanol–water partition coefficient (Wildman–Crippen LogP) is 2.51. The van der Waals surface area contributed by atoms with Crippen LogP contribution in [-0.4, -0.2) is 40.0 Å². The van der Waals surface area contributed by atoms with Gasteiger partial charge in [-0.3, -0.25) is 9.78 Å². The van der Waals surface area contributed by atoms with Crippen LogP contribution < -0.4 is 0 Å². The van der Waals surface area contributed by atoms with Crippen molar-refractivity contribution in [3.8, 4) is 17.0 Å². The molecule has 0 aliphatic carbocycles. The second kappa shape index (κ2) is 5.46. The summed E-state index contributed by atoms with van der Waals surface area (Å²) in [5.74, 6) is -0.205. The Hall–Kier alpha value is -2.14. The van der Waals surface area contributed by atoms with Crippen LogP contribution in [0.5, 0.6) is 5.75 Å². The highest BCUT2D eigenvalue weighted by atomic mass is 35.5. The minimum atomic E-state index is -0.220. The molecule has 0 atom stereocenters. The third-order valence-electron chi connectivity index (χ3n) is 2.83. The van der Waals surface area contributed by atoms with Gasteiger partial charge in [0.2, 0.25) is 0 Å². The Morgan fingerprint density at radius 3 is 2.65 bits per heavy atom. The fourth-order valence-corrected chi connectivity index (χ4v) is 1.93. The third kappa shape index (κ3) is 2.72. The van der Waals surface area contributed by atoms with E-state index in [4.69, 9.17) is 11.6 Å². The van der Waals surface area contributed by atoms with Gasteiger partial charge in [0.25, 0.3) is 5.91 Å². The van der Waals surface area contributed by atoms with E-state index >= 15 is 0 Å². The fourth-order valence-electron chi connectivity index (χ4n) is 1.77. The number of carbonyl (C=O) groups excluding carboxylic acids is 1. The molecule has 0 unspecified atom stereocenters. The summed E-state index contributed by atoms with van der Waals surface area (Å²) in [7, 11) is 3.30. The zero-order chi connectivity index (χ0) is 14.9. The number of aromatic nitrogens is 2. The molecule has 20 heavy (non-hydrogen) atoms. The highest BCUT2D eigenvalue weighted by molar-refractivity contribution is 6.32. The minimum absolute atomic E-state index is 0.0152. The van der Waals surface area contributed by atoms with Crippen molar-refractivity contribution in [1.82, 2.24) is 14.9 Å². The molecule has 1 aromatic carbocycles. The summed E-state index contributed by atoms with van der Waals surface area (Å²) in [6.45, 7) is 1.83. The second-order valence-corrected chi connectivity index (χ2v) is 5.01. The smallest absolute Gasteiger partial charge is 0.273 e. The lowest BCUT2D eigenvalue weighted by molar-refractivity contribution is 0.0821. The van der Waals surface area contributed by atoms with Crippen molar-refractivity contribution >= 4 is 17.5 Å². The SMILES string of the molecule is Cc1cc(O)c(Cl)cc1-c1cncc(C(=O)N(C)C)n1. The first kappa shape index (κ1) is 14.3. The van der Waals surface area contributed by atoms with Crippen molar-refractivity contribution in [3.63, 3.8) is 0 Å².